The van der Waals surface area contributed by atoms with Crippen LogP contribution in [0.3, 0.4) is 0 Å². The average Bonchev–Trinajstić information content (AvgIpc) is 3.32. The predicted octanol–water partition coefficient (Wildman–Crippen LogP) is 1.35. The molecule has 6 nitrogen and oxygen atoms in total. The van der Waals surface area contributed by atoms with Gasteiger partial charge in [-0.2, -0.15) is 0 Å². The third kappa shape index (κ3) is 4.21. The zero-order valence-electron chi connectivity index (χ0n) is 13.5. The summed E-state index contributed by atoms with van der Waals surface area (Å²) in [6.07, 6.45) is 4.54. The Labute approximate surface area is 136 Å². The third-order valence-corrected chi connectivity index (χ3v) is 4.40. The zero-order chi connectivity index (χ0) is 16.2. The van der Waals surface area contributed by atoms with E-state index in [1.54, 1.807) is 11.1 Å². The van der Waals surface area contributed by atoms with E-state index in [1.165, 1.54) is 12.8 Å². The number of carbonyl (C=O) groups excluding carboxylic acids is 2. The van der Waals surface area contributed by atoms with Crippen molar-refractivity contribution in [2.75, 3.05) is 19.7 Å². The van der Waals surface area contributed by atoms with Gasteiger partial charge in [0, 0.05) is 38.3 Å². The van der Waals surface area contributed by atoms with Crippen molar-refractivity contribution in [1.82, 2.24) is 15.2 Å². The second-order valence-corrected chi connectivity index (χ2v) is 6.31. The highest BCUT2D eigenvalue weighted by atomic mass is 16.5. The molecule has 23 heavy (non-hydrogen) atoms. The van der Waals surface area contributed by atoms with Crippen LogP contribution in [0, 0.1) is 11.8 Å². The van der Waals surface area contributed by atoms with Crippen molar-refractivity contribution in [1.29, 1.82) is 0 Å². The molecular weight excluding hydrogens is 294 g/mol. The fourth-order valence-corrected chi connectivity index (χ4v) is 2.68. The van der Waals surface area contributed by atoms with Gasteiger partial charge in [0.05, 0.1) is 12.5 Å². The lowest BCUT2D eigenvalue weighted by molar-refractivity contribution is -0.128. The van der Waals surface area contributed by atoms with E-state index in [0.717, 1.165) is 12.2 Å². The van der Waals surface area contributed by atoms with Gasteiger partial charge in [0.15, 0.2) is 0 Å². The fourth-order valence-electron chi connectivity index (χ4n) is 2.68. The monoisotopic (exact) mass is 317 g/mol. The maximum atomic E-state index is 12.1. The Kier molecular flexibility index (Phi) is 4.79. The smallest absolute Gasteiger partial charge is 0.225 e. The van der Waals surface area contributed by atoms with Crippen LogP contribution in [-0.4, -0.2) is 41.4 Å². The van der Waals surface area contributed by atoms with Gasteiger partial charge in [-0.05, 0) is 31.2 Å². The molecule has 2 heterocycles. The van der Waals surface area contributed by atoms with Gasteiger partial charge < -0.3 is 15.0 Å². The molecule has 2 amide bonds. The Balaban J connectivity index is 1.44. The van der Waals surface area contributed by atoms with E-state index >= 15 is 0 Å². The van der Waals surface area contributed by atoms with Gasteiger partial charge in [-0.15, -0.1) is 0 Å². The number of amides is 2. The Morgan fingerprint density at radius 3 is 2.87 bits per heavy atom. The van der Waals surface area contributed by atoms with Crippen LogP contribution in [0.25, 0.3) is 0 Å². The Hall–Kier alpha value is -2.11. The number of hydrogen-bond acceptors (Lipinski definition) is 4. The van der Waals surface area contributed by atoms with Crippen LogP contribution in [0.15, 0.2) is 18.3 Å². The molecular formula is C17H23N3O3. The quantitative estimate of drug-likeness (QED) is 0.824. The number of hydrogen-bond donors (Lipinski definition) is 1. The van der Waals surface area contributed by atoms with Gasteiger partial charge in [-0.25, -0.2) is 4.98 Å². The summed E-state index contributed by atoms with van der Waals surface area (Å²) < 4.78 is 5.59. The highest BCUT2D eigenvalue weighted by Crippen LogP contribution is 2.29. The molecule has 2 aliphatic rings. The molecule has 1 atom stereocenters. The SMILES string of the molecule is CCN1C[C@H](C(=O)NCc2ccc(OCC3CC3)nc2)CC1=O. The van der Waals surface area contributed by atoms with E-state index in [0.29, 0.717) is 37.9 Å². The van der Waals surface area contributed by atoms with Gasteiger partial charge in [-0.3, -0.25) is 9.59 Å². The zero-order valence-corrected chi connectivity index (χ0v) is 13.5. The second-order valence-electron chi connectivity index (χ2n) is 6.31. The van der Waals surface area contributed by atoms with E-state index in [4.69, 9.17) is 4.74 Å². The lowest BCUT2D eigenvalue weighted by Crippen LogP contribution is -2.32. The number of aromatic nitrogens is 1. The maximum absolute atomic E-state index is 12.1. The molecule has 1 saturated carbocycles. The van der Waals surface area contributed by atoms with E-state index < -0.39 is 0 Å². The summed E-state index contributed by atoms with van der Waals surface area (Å²) in [5, 5.41) is 2.89. The molecule has 3 rings (SSSR count). The molecule has 2 fully saturated rings. The molecule has 1 aromatic rings. The molecule has 0 radical (unpaired) electrons. The molecule has 1 saturated heterocycles. The van der Waals surface area contributed by atoms with Crippen molar-refractivity contribution in [2.24, 2.45) is 11.8 Å². The van der Waals surface area contributed by atoms with Crippen molar-refractivity contribution in [3.05, 3.63) is 23.9 Å². The van der Waals surface area contributed by atoms with Crippen LogP contribution in [0.5, 0.6) is 5.88 Å². The first-order chi connectivity index (χ1) is 11.2. The fraction of sp³-hybridized carbons (Fsp3) is 0.588. The summed E-state index contributed by atoms with van der Waals surface area (Å²) in [5.74, 6) is 1.09. The maximum Gasteiger partial charge on any atom is 0.225 e. The lowest BCUT2D eigenvalue weighted by Gasteiger charge is -2.13. The van der Waals surface area contributed by atoms with Crippen molar-refractivity contribution in [2.45, 2.75) is 32.7 Å². The van der Waals surface area contributed by atoms with Gasteiger partial charge in [0.2, 0.25) is 17.7 Å². The van der Waals surface area contributed by atoms with Crippen LogP contribution in [0.4, 0.5) is 0 Å². The Bertz CT molecular complexity index is 569. The summed E-state index contributed by atoms with van der Waals surface area (Å²) in [5.41, 5.74) is 0.925. The summed E-state index contributed by atoms with van der Waals surface area (Å²) in [4.78, 5) is 29.8. The molecule has 1 N–H and O–H groups in total. The van der Waals surface area contributed by atoms with Crippen molar-refractivity contribution >= 4 is 11.8 Å². The first kappa shape index (κ1) is 15.8. The number of rotatable bonds is 7. The first-order valence-electron chi connectivity index (χ1n) is 8.29. The lowest BCUT2D eigenvalue weighted by atomic mass is 10.1. The Morgan fingerprint density at radius 1 is 1.43 bits per heavy atom. The molecule has 1 aromatic heterocycles. The topological polar surface area (TPSA) is 71.5 Å². The number of nitrogens with zero attached hydrogens (tertiary/aromatic N) is 2. The highest BCUT2D eigenvalue weighted by molar-refractivity contribution is 5.89. The summed E-state index contributed by atoms with van der Waals surface area (Å²) in [7, 11) is 0. The molecule has 0 aromatic carbocycles. The molecule has 0 unspecified atom stereocenters. The molecule has 0 bridgehead atoms. The van der Waals surface area contributed by atoms with Crippen molar-refractivity contribution < 1.29 is 14.3 Å². The molecule has 124 valence electrons. The normalized spacial score (nSPS) is 20.7. The van der Waals surface area contributed by atoms with Crippen LogP contribution in [0.1, 0.15) is 31.7 Å². The van der Waals surface area contributed by atoms with Gasteiger partial charge in [0.25, 0.3) is 0 Å². The van der Waals surface area contributed by atoms with Crippen LogP contribution in [-0.2, 0) is 16.1 Å². The number of nitrogens with one attached hydrogen (secondary N) is 1. The van der Waals surface area contributed by atoms with E-state index in [-0.39, 0.29) is 17.7 Å². The van der Waals surface area contributed by atoms with E-state index in [1.807, 2.05) is 19.1 Å². The van der Waals surface area contributed by atoms with E-state index in [2.05, 4.69) is 10.3 Å². The second kappa shape index (κ2) is 6.98. The van der Waals surface area contributed by atoms with Crippen LogP contribution in [0.2, 0.25) is 0 Å². The Morgan fingerprint density at radius 2 is 2.26 bits per heavy atom. The molecule has 0 spiro atoms. The van der Waals surface area contributed by atoms with Crippen LogP contribution >= 0.6 is 0 Å². The first-order valence-corrected chi connectivity index (χ1v) is 8.29. The molecule has 6 heteroatoms. The van der Waals surface area contributed by atoms with E-state index in [9.17, 15) is 9.59 Å². The summed E-state index contributed by atoms with van der Waals surface area (Å²) in [6.45, 7) is 4.27. The van der Waals surface area contributed by atoms with Gasteiger partial charge in [0.1, 0.15) is 0 Å². The summed E-state index contributed by atoms with van der Waals surface area (Å²) >= 11 is 0. The van der Waals surface area contributed by atoms with Crippen LogP contribution < -0.4 is 10.1 Å². The molecule has 1 aliphatic heterocycles. The largest absolute Gasteiger partial charge is 0.477 e. The molecule has 1 aliphatic carbocycles. The number of pyridine rings is 1. The number of likely N-dealkylation sites (tertiary alicyclic amines) is 1. The highest BCUT2D eigenvalue weighted by Gasteiger charge is 2.33. The minimum atomic E-state index is -0.239. The minimum Gasteiger partial charge on any atom is -0.477 e. The number of ether oxygens (including phenoxy) is 1. The van der Waals surface area contributed by atoms with Crippen molar-refractivity contribution in [3.8, 4) is 5.88 Å². The average molecular weight is 317 g/mol. The number of carbonyl (C=O) groups is 2. The van der Waals surface area contributed by atoms with Gasteiger partial charge >= 0.3 is 0 Å². The minimum absolute atomic E-state index is 0.0616. The third-order valence-electron chi connectivity index (χ3n) is 4.40. The van der Waals surface area contributed by atoms with Crippen molar-refractivity contribution in [3.63, 3.8) is 0 Å². The predicted molar refractivity (Wildman–Crippen MR) is 84.7 cm³/mol. The summed E-state index contributed by atoms with van der Waals surface area (Å²) in [6, 6.07) is 3.75. The standard InChI is InChI=1S/C17H23N3O3/c1-2-20-10-14(7-16(20)21)17(22)19-9-13-5-6-15(18-8-13)23-11-12-3-4-12/h5-6,8,12,14H,2-4,7,9-11H2,1H3,(H,19,22)/t14-/m1/s1. The van der Waals surface area contributed by atoms with Gasteiger partial charge in [-0.1, -0.05) is 6.07 Å².